The zero-order valence-electron chi connectivity index (χ0n) is 14.0. The molecule has 138 valence electrons. The Balaban J connectivity index is 1.81. The maximum absolute atomic E-state index is 13.5. The minimum Gasteiger partial charge on any atom is -0.311 e. The van der Waals surface area contributed by atoms with Crippen LogP contribution in [0.2, 0.25) is 5.02 Å². The lowest BCUT2D eigenvalue weighted by molar-refractivity contribution is -0.116. The van der Waals surface area contributed by atoms with E-state index in [-0.39, 0.29) is 40.8 Å². The van der Waals surface area contributed by atoms with Gasteiger partial charge in [0.1, 0.15) is 11.6 Å². The molecule has 0 spiro atoms. The summed E-state index contributed by atoms with van der Waals surface area (Å²) in [5.74, 6) is -0.334. The van der Waals surface area contributed by atoms with Gasteiger partial charge in [-0.1, -0.05) is 17.7 Å². The maximum atomic E-state index is 13.5. The number of nitrogens with zero attached hydrogens (tertiary/aromatic N) is 2. The lowest BCUT2D eigenvalue weighted by atomic mass is 9.86. The fourth-order valence-electron chi connectivity index (χ4n) is 3.82. The molecule has 2 atom stereocenters. The SMILES string of the molecule is Cc1nn([C@@H]2CCS(=O)(=O)C2)c2c1[C@H](c1ccc(F)c(Cl)c1)CC(=O)N2. The molecule has 9 heteroatoms. The van der Waals surface area contributed by atoms with Crippen LogP contribution < -0.4 is 5.32 Å². The molecule has 26 heavy (non-hydrogen) atoms. The summed E-state index contributed by atoms with van der Waals surface area (Å²) in [6.45, 7) is 1.83. The molecular formula is C17H17ClFN3O3S. The highest BCUT2D eigenvalue weighted by molar-refractivity contribution is 7.91. The van der Waals surface area contributed by atoms with Crippen molar-refractivity contribution >= 4 is 33.2 Å². The number of amides is 1. The van der Waals surface area contributed by atoms with Gasteiger partial charge in [0.2, 0.25) is 5.91 Å². The average Bonchev–Trinajstić information content (AvgIpc) is 3.09. The Hall–Kier alpha value is -1.93. The molecule has 0 radical (unpaired) electrons. The third-order valence-electron chi connectivity index (χ3n) is 5.03. The number of anilines is 1. The first-order valence-electron chi connectivity index (χ1n) is 8.29. The topological polar surface area (TPSA) is 81.1 Å². The number of fused-ring (bicyclic) bond motifs is 1. The number of hydrogen-bond acceptors (Lipinski definition) is 4. The molecule has 0 unspecified atom stereocenters. The standard InChI is InChI=1S/C17H17ClFN3O3S/c1-9-16-12(10-2-3-14(19)13(18)6-10)7-15(23)20-17(16)22(21-9)11-4-5-26(24,25)8-11/h2-3,6,11-12H,4-5,7-8H2,1H3,(H,20,23)/t11-,12+/m1/s1. The molecular weight excluding hydrogens is 381 g/mol. The van der Waals surface area contributed by atoms with Crippen molar-refractivity contribution in [2.45, 2.75) is 31.7 Å². The highest BCUT2D eigenvalue weighted by atomic mass is 35.5. The molecule has 1 fully saturated rings. The van der Waals surface area contributed by atoms with Crippen molar-refractivity contribution in [2.75, 3.05) is 16.8 Å². The Morgan fingerprint density at radius 3 is 2.81 bits per heavy atom. The molecule has 1 N–H and O–H groups in total. The summed E-state index contributed by atoms with van der Waals surface area (Å²) in [5, 5.41) is 7.36. The van der Waals surface area contributed by atoms with Gasteiger partial charge in [0.25, 0.3) is 0 Å². The van der Waals surface area contributed by atoms with Gasteiger partial charge in [0, 0.05) is 17.9 Å². The van der Waals surface area contributed by atoms with Gasteiger partial charge in [-0.15, -0.1) is 0 Å². The fourth-order valence-corrected chi connectivity index (χ4v) is 5.70. The molecule has 4 rings (SSSR count). The van der Waals surface area contributed by atoms with Crippen molar-refractivity contribution in [1.82, 2.24) is 9.78 Å². The number of aryl methyl sites for hydroxylation is 1. The Bertz CT molecular complexity index is 1020. The van der Waals surface area contributed by atoms with Crippen molar-refractivity contribution in [3.8, 4) is 0 Å². The van der Waals surface area contributed by atoms with Crippen LogP contribution in [0, 0.1) is 12.7 Å². The van der Waals surface area contributed by atoms with Gasteiger partial charge in [0.05, 0.1) is 28.3 Å². The number of nitrogens with one attached hydrogen (secondary N) is 1. The van der Waals surface area contributed by atoms with Gasteiger partial charge in [-0.2, -0.15) is 5.10 Å². The quantitative estimate of drug-likeness (QED) is 0.844. The number of aromatic nitrogens is 2. The Morgan fingerprint density at radius 2 is 2.15 bits per heavy atom. The second-order valence-electron chi connectivity index (χ2n) is 6.83. The monoisotopic (exact) mass is 397 g/mol. The molecule has 2 aliphatic rings. The van der Waals surface area contributed by atoms with E-state index in [1.165, 1.54) is 12.1 Å². The number of hydrogen-bond donors (Lipinski definition) is 1. The molecule has 0 bridgehead atoms. The van der Waals surface area contributed by atoms with Crippen LogP contribution in [-0.4, -0.2) is 35.6 Å². The van der Waals surface area contributed by atoms with Gasteiger partial charge in [-0.05, 0) is 31.0 Å². The summed E-state index contributed by atoms with van der Waals surface area (Å²) in [4.78, 5) is 12.3. The van der Waals surface area contributed by atoms with Crippen molar-refractivity contribution in [3.05, 3.63) is 45.9 Å². The number of halogens is 2. The Morgan fingerprint density at radius 1 is 1.38 bits per heavy atom. The molecule has 0 saturated carbocycles. The van der Waals surface area contributed by atoms with Gasteiger partial charge < -0.3 is 5.32 Å². The Labute approximate surface area is 155 Å². The van der Waals surface area contributed by atoms with Crippen molar-refractivity contribution < 1.29 is 17.6 Å². The second kappa shape index (κ2) is 6.06. The van der Waals surface area contributed by atoms with Crippen LogP contribution in [0.25, 0.3) is 0 Å². The van der Waals surface area contributed by atoms with Gasteiger partial charge in [-0.25, -0.2) is 17.5 Å². The second-order valence-corrected chi connectivity index (χ2v) is 9.46. The van der Waals surface area contributed by atoms with Crippen LogP contribution in [0.5, 0.6) is 0 Å². The summed E-state index contributed by atoms with van der Waals surface area (Å²) < 4.78 is 38.8. The molecule has 1 saturated heterocycles. The molecule has 1 aromatic heterocycles. The van der Waals surface area contributed by atoms with E-state index < -0.39 is 15.7 Å². The summed E-state index contributed by atoms with van der Waals surface area (Å²) >= 11 is 5.91. The maximum Gasteiger partial charge on any atom is 0.226 e. The number of sulfone groups is 1. The van der Waals surface area contributed by atoms with Crippen molar-refractivity contribution in [1.29, 1.82) is 0 Å². The lowest BCUT2D eigenvalue weighted by Gasteiger charge is -2.25. The first kappa shape index (κ1) is 17.5. The summed E-state index contributed by atoms with van der Waals surface area (Å²) in [7, 11) is -3.08. The fraction of sp³-hybridized carbons (Fsp3) is 0.412. The predicted octanol–water partition coefficient (Wildman–Crippen LogP) is 2.82. The van der Waals surface area contributed by atoms with Crippen LogP contribution in [0.15, 0.2) is 18.2 Å². The number of rotatable bonds is 2. The highest BCUT2D eigenvalue weighted by Crippen LogP contribution is 2.42. The van der Waals surface area contributed by atoms with E-state index in [1.54, 1.807) is 10.7 Å². The van der Waals surface area contributed by atoms with Crippen LogP contribution in [-0.2, 0) is 14.6 Å². The van der Waals surface area contributed by atoms with E-state index in [2.05, 4.69) is 10.4 Å². The third kappa shape index (κ3) is 2.91. The summed E-state index contributed by atoms with van der Waals surface area (Å²) in [6, 6.07) is 4.14. The molecule has 1 aromatic carbocycles. The van der Waals surface area contributed by atoms with Crippen molar-refractivity contribution in [3.63, 3.8) is 0 Å². The van der Waals surface area contributed by atoms with Crippen LogP contribution >= 0.6 is 11.6 Å². The van der Waals surface area contributed by atoms with E-state index in [1.807, 2.05) is 6.92 Å². The molecule has 2 aromatic rings. The normalized spacial score (nSPS) is 24.3. The van der Waals surface area contributed by atoms with E-state index in [0.29, 0.717) is 12.2 Å². The number of carbonyl (C=O) groups excluding carboxylic acids is 1. The zero-order chi connectivity index (χ0) is 18.6. The molecule has 3 heterocycles. The largest absolute Gasteiger partial charge is 0.311 e. The smallest absolute Gasteiger partial charge is 0.226 e. The van der Waals surface area contributed by atoms with E-state index in [9.17, 15) is 17.6 Å². The van der Waals surface area contributed by atoms with Crippen LogP contribution in [0.4, 0.5) is 10.2 Å². The zero-order valence-corrected chi connectivity index (χ0v) is 15.6. The third-order valence-corrected chi connectivity index (χ3v) is 7.07. The predicted molar refractivity (Wildman–Crippen MR) is 95.8 cm³/mol. The summed E-state index contributed by atoms with van der Waals surface area (Å²) in [6.07, 6.45) is 0.670. The van der Waals surface area contributed by atoms with Gasteiger partial charge in [-0.3, -0.25) is 4.79 Å². The van der Waals surface area contributed by atoms with Crippen molar-refractivity contribution in [2.24, 2.45) is 0 Å². The first-order valence-corrected chi connectivity index (χ1v) is 10.5. The minimum atomic E-state index is -3.08. The van der Waals surface area contributed by atoms with E-state index >= 15 is 0 Å². The van der Waals surface area contributed by atoms with Gasteiger partial charge >= 0.3 is 0 Å². The first-order chi connectivity index (χ1) is 12.2. The number of carbonyl (C=O) groups is 1. The molecule has 2 aliphatic heterocycles. The molecule has 0 aliphatic carbocycles. The van der Waals surface area contributed by atoms with E-state index in [0.717, 1.165) is 16.8 Å². The number of benzene rings is 1. The lowest BCUT2D eigenvalue weighted by Crippen LogP contribution is -2.26. The summed E-state index contributed by atoms with van der Waals surface area (Å²) in [5.41, 5.74) is 2.28. The van der Waals surface area contributed by atoms with Crippen LogP contribution in [0.3, 0.4) is 0 Å². The van der Waals surface area contributed by atoms with E-state index in [4.69, 9.17) is 11.6 Å². The van der Waals surface area contributed by atoms with Gasteiger partial charge in [0.15, 0.2) is 9.84 Å². The molecule has 6 nitrogen and oxygen atoms in total. The Kier molecular flexibility index (Phi) is 4.07. The van der Waals surface area contributed by atoms with Crippen LogP contribution in [0.1, 0.15) is 41.6 Å². The minimum absolute atomic E-state index is 0.00182. The molecule has 1 amide bonds. The average molecular weight is 398 g/mol. The highest BCUT2D eigenvalue weighted by Gasteiger charge is 2.37.